The summed E-state index contributed by atoms with van der Waals surface area (Å²) in [5.74, 6) is -0.813. The molecule has 0 fully saturated rings. The summed E-state index contributed by atoms with van der Waals surface area (Å²) in [5.41, 5.74) is -1.17. The van der Waals surface area contributed by atoms with Gasteiger partial charge in [-0.15, -0.1) is 0 Å². The molecule has 0 amide bonds. The predicted molar refractivity (Wildman–Crippen MR) is 55.2 cm³/mol. The molecule has 82 valence electrons. The molecule has 0 aromatic rings. The van der Waals surface area contributed by atoms with E-state index in [2.05, 4.69) is 0 Å². The summed E-state index contributed by atoms with van der Waals surface area (Å²) in [7, 11) is -2.40. The van der Waals surface area contributed by atoms with Gasteiger partial charge in [0.1, 0.15) is 0 Å². The van der Waals surface area contributed by atoms with Crippen LogP contribution in [0.5, 0.6) is 0 Å². The molecule has 0 bridgehead atoms. The minimum absolute atomic E-state index is 0.0344. The summed E-state index contributed by atoms with van der Waals surface area (Å²) in [6.07, 6.45) is -0.0344. The Bertz CT molecular complexity index is 287. The Labute approximate surface area is 84.4 Å². The van der Waals surface area contributed by atoms with E-state index in [4.69, 9.17) is 4.74 Å². The van der Waals surface area contributed by atoms with Crippen LogP contribution in [0.3, 0.4) is 0 Å². The lowest BCUT2D eigenvalue weighted by Crippen LogP contribution is -2.38. The van der Waals surface area contributed by atoms with Gasteiger partial charge in [0, 0.05) is 6.92 Å². The van der Waals surface area contributed by atoms with Gasteiger partial charge in [0.15, 0.2) is 11.4 Å². The van der Waals surface area contributed by atoms with E-state index in [0.717, 1.165) is 0 Å². The van der Waals surface area contributed by atoms with Crippen LogP contribution in [0.2, 0.25) is 0 Å². The predicted octanol–water partition coefficient (Wildman–Crippen LogP) is 1.52. The first kappa shape index (κ1) is 13.4. The van der Waals surface area contributed by atoms with Gasteiger partial charge in [0.25, 0.3) is 0 Å². The molecular formula is C9H17O4P. The summed E-state index contributed by atoms with van der Waals surface area (Å²) in [4.78, 5) is 22.3. The molecule has 14 heavy (non-hydrogen) atoms. The Hall–Kier alpha value is -0.630. The van der Waals surface area contributed by atoms with Crippen LogP contribution in [0.1, 0.15) is 20.8 Å². The number of hydrogen-bond acceptors (Lipinski definition) is 4. The van der Waals surface area contributed by atoms with Crippen molar-refractivity contribution in [1.82, 2.24) is 0 Å². The average Bonchev–Trinajstić information content (AvgIpc) is 1.79. The van der Waals surface area contributed by atoms with E-state index in [1.54, 1.807) is 0 Å². The highest BCUT2D eigenvalue weighted by Crippen LogP contribution is 2.37. The molecule has 0 spiro atoms. The zero-order chi connectivity index (χ0) is 11.6. The second kappa shape index (κ2) is 4.26. The minimum atomic E-state index is -2.40. The van der Waals surface area contributed by atoms with Crippen molar-refractivity contribution in [3.63, 3.8) is 0 Å². The highest BCUT2D eigenvalue weighted by Gasteiger charge is 2.33. The monoisotopic (exact) mass is 220 g/mol. The maximum absolute atomic E-state index is 11.6. The molecule has 0 rings (SSSR count). The first-order chi connectivity index (χ1) is 6.04. The normalized spacial score (nSPS) is 12.4. The number of ether oxygens (including phenoxy) is 1. The van der Waals surface area contributed by atoms with Crippen LogP contribution < -0.4 is 0 Å². The van der Waals surface area contributed by atoms with Crippen molar-refractivity contribution < 1.29 is 18.9 Å². The molecule has 4 nitrogen and oxygen atoms in total. The molecule has 0 saturated heterocycles. The number of carbonyl (C=O) groups is 2. The molecule has 0 aliphatic heterocycles. The minimum Gasteiger partial charge on any atom is -0.452 e. The van der Waals surface area contributed by atoms with Crippen LogP contribution in [-0.2, 0) is 18.9 Å². The molecule has 5 heteroatoms. The number of carbonyl (C=O) groups excluding carboxylic acids is 2. The van der Waals surface area contributed by atoms with Crippen molar-refractivity contribution in [2.24, 2.45) is 0 Å². The smallest absolute Gasteiger partial charge is 0.303 e. The van der Waals surface area contributed by atoms with Gasteiger partial charge in [-0.2, -0.15) is 0 Å². The van der Waals surface area contributed by atoms with Gasteiger partial charge in [-0.1, -0.05) is 0 Å². The van der Waals surface area contributed by atoms with Crippen LogP contribution in [-0.4, -0.2) is 36.8 Å². The van der Waals surface area contributed by atoms with E-state index in [1.165, 1.54) is 34.1 Å². The van der Waals surface area contributed by atoms with Crippen molar-refractivity contribution in [2.45, 2.75) is 26.4 Å². The van der Waals surface area contributed by atoms with Crippen molar-refractivity contribution in [2.75, 3.05) is 19.5 Å². The molecule has 0 saturated carbocycles. The SMILES string of the molecule is CC(=O)OC(C)(C)C(=O)CP(C)(C)=O. The van der Waals surface area contributed by atoms with E-state index < -0.39 is 18.7 Å². The Balaban J connectivity index is 4.52. The van der Waals surface area contributed by atoms with Crippen molar-refractivity contribution in [1.29, 1.82) is 0 Å². The van der Waals surface area contributed by atoms with Crippen molar-refractivity contribution in [3.8, 4) is 0 Å². The Morgan fingerprint density at radius 3 is 2.00 bits per heavy atom. The van der Waals surface area contributed by atoms with E-state index in [1.807, 2.05) is 0 Å². The lowest BCUT2D eigenvalue weighted by molar-refractivity contribution is -0.160. The number of Topliss-reactive ketones (excluding diaryl/α,β-unsaturated/α-hetero) is 1. The fourth-order valence-corrected chi connectivity index (χ4v) is 2.02. The summed E-state index contributed by atoms with van der Waals surface area (Å²) < 4.78 is 16.2. The largest absolute Gasteiger partial charge is 0.452 e. The summed E-state index contributed by atoms with van der Waals surface area (Å²) in [6.45, 7) is 7.33. The van der Waals surface area contributed by atoms with Gasteiger partial charge in [-0.3, -0.25) is 9.59 Å². The molecule has 0 heterocycles. The highest BCUT2D eigenvalue weighted by molar-refractivity contribution is 7.63. The molecule has 0 radical (unpaired) electrons. The van der Waals surface area contributed by atoms with Crippen LogP contribution in [0, 0.1) is 0 Å². The molecule has 0 aliphatic rings. The van der Waals surface area contributed by atoms with Gasteiger partial charge in [-0.25, -0.2) is 0 Å². The lowest BCUT2D eigenvalue weighted by atomic mass is 10.1. The molecule has 0 aromatic heterocycles. The number of hydrogen-bond donors (Lipinski definition) is 0. The third kappa shape index (κ3) is 5.18. The highest BCUT2D eigenvalue weighted by atomic mass is 31.2. The molecule has 0 N–H and O–H groups in total. The Kier molecular flexibility index (Phi) is 4.07. The maximum atomic E-state index is 11.6. The first-order valence-electron chi connectivity index (χ1n) is 4.31. The Morgan fingerprint density at radius 2 is 1.71 bits per heavy atom. The van der Waals surface area contributed by atoms with Crippen molar-refractivity contribution in [3.05, 3.63) is 0 Å². The molecule has 0 aromatic carbocycles. The fraction of sp³-hybridized carbons (Fsp3) is 0.778. The second-order valence-corrected chi connectivity index (χ2v) is 7.72. The second-order valence-electron chi connectivity index (χ2n) is 4.26. The van der Waals surface area contributed by atoms with Crippen molar-refractivity contribution >= 4 is 18.9 Å². The summed E-state index contributed by atoms with van der Waals surface area (Å²) >= 11 is 0. The van der Waals surface area contributed by atoms with E-state index in [9.17, 15) is 14.2 Å². The molecule has 0 aliphatic carbocycles. The number of esters is 1. The summed E-state index contributed by atoms with van der Waals surface area (Å²) in [6, 6.07) is 0. The quantitative estimate of drug-likeness (QED) is 0.532. The van der Waals surface area contributed by atoms with E-state index in [0.29, 0.717) is 0 Å². The van der Waals surface area contributed by atoms with Gasteiger partial charge < -0.3 is 9.30 Å². The average molecular weight is 220 g/mol. The van der Waals surface area contributed by atoms with Crippen LogP contribution >= 0.6 is 7.14 Å². The fourth-order valence-electron chi connectivity index (χ4n) is 0.952. The van der Waals surface area contributed by atoms with Gasteiger partial charge in [-0.05, 0) is 27.2 Å². The molecular weight excluding hydrogens is 203 g/mol. The van der Waals surface area contributed by atoms with E-state index >= 15 is 0 Å². The van der Waals surface area contributed by atoms with Gasteiger partial charge in [0.2, 0.25) is 0 Å². The van der Waals surface area contributed by atoms with Gasteiger partial charge >= 0.3 is 5.97 Å². The number of rotatable bonds is 4. The third-order valence-electron chi connectivity index (χ3n) is 1.59. The topological polar surface area (TPSA) is 60.4 Å². The third-order valence-corrected chi connectivity index (χ3v) is 2.64. The van der Waals surface area contributed by atoms with Gasteiger partial charge in [0.05, 0.1) is 13.3 Å². The number of ketones is 1. The van der Waals surface area contributed by atoms with Crippen LogP contribution in [0.15, 0.2) is 0 Å². The van der Waals surface area contributed by atoms with Crippen LogP contribution in [0.25, 0.3) is 0 Å². The van der Waals surface area contributed by atoms with Crippen LogP contribution in [0.4, 0.5) is 0 Å². The zero-order valence-electron chi connectivity index (χ0n) is 9.29. The molecule has 0 atom stereocenters. The lowest BCUT2D eigenvalue weighted by Gasteiger charge is -2.23. The molecule has 0 unspecified atom stereocenters. The Morgan fingerprint density at radius 1 is 1.29 bits per heavy atom. The standard InChI is InChI=1S/C9H17O4P/c1-7(10)13-9(2,3)8(11)6-14(4,5)12/h6H2,1-5H3. The first-order valence-corrected chi connectivity index (χ1v) is 7.10. The summed E-state index contributed by atoms with van der Waals surface area (Å²) in [5, 5.41) is 0. The maximum Gasteiger partial charge on any atom is 0.303 e. The zero-order valence-corrected chi connectivity index (χ0v) is 10.2. The van der Waals surface area contributed by atoms with E-state index in [-0.39, 0.29) is 11.9 Å².